The van der Waals surface area contributed by atoms with Gasteiger partial charge in [0.05, 0.1) is 22.4 Å². The third-order valence-corrected chi connectivity index (χ3v) is 3.82. The lowest BCUT2D eigenvalue weighted by Gasteiger charge is -2.19. The molecular formula is C11H14BrNO3S. The summed E-state index contributed by atoms with van der Waals surface area (Å²) in [6, 6.07) is 1.77. The standard InChI is InChI=1S/C11H14BrNO3S/c1-7(11(15)16-3)5-13(2)10(14)8-4-9(12)17-6-8/h4,6-7H,5H2,1-3H3. The van der Waals surface area contributed by atoms with Gasteiger partial charge in [-0.2, -0.15) is 0 Å². The summed E-state index contributed by atoms with van der Waals surface area (Å²) in [5.74, 6) is -0.727. The van der Waals surface area contributed by atoms with Crippen LogP contribution < -0.4 is 0 Å². The number of hydrogen-bond donors (Lipinski definition) is 0. The van der Waals surface area contributed by atoms with Crippen molar-refractivity contribution < 1.29 is 14.3 Å². The average molecular weight is 320 g/mol. The van der Waals surface area contributed by atoms with E-state index >= 15 is 0 Å². The molecule has 0 aliphatic heterocycles. The second-order valence-corrected chi connectivity index (χ2v) is 6.04. The summed E-state index contributed by atoms with van der Waals surface area (Å²) in [6.07, 6.45) is 0. The average Bonchev–Trinajstić information content (AvgIpc) is 2.73. The minimum atomic E-state index is -0.323. The zero-order valence-corrected chi connectivity index (χ0v) is 12.3. The molecule has 1 amide bonds. The Bertz CT molecular complexity index is 419. The lowest BCUT2D eigenvalue weighted by Crippen LogP contribution is -2.33. The fourth-order valence-corrected chi connectivity index (χ4v) is 2.54. The fraction of sp³-hybridized carbons (Fsp3) is 0.455. The molecule has 1 aromatic heterocycles. The predicted octanol–water partition coefficient (Wildman–Crippen LogP) is 2.39. The summed E-state index contributed by atoms with van der Waals surface area (Å²) in [5, 5.41) is 1.78. The second-order valence-electron chi connectivity index (χ2n) is 3.75. The van der Waals surface area contributed by atoms with Crippen LogP contribution in [0.15, 0.2) is 15.2 Å². The lowest BCUT2D eigenvalue weighted by atomic mass is 10.1. The van der Waals surface area contributed by atoms with E-state index in [4.69, 9.17) is 0 Å². The molecule has 0 fully saturated rings. The van der Waals surface area contributed by atoms with Crippen LogP contribution in [0.2, 0.25) is 0 Å². The van der Waals surface area contributed by atoms with E-state index in [2.05, 4.69) is 20.7 Å². The Morgan fingerprint density at radius 3 is 2.71 bits per heavy atom. The summed E-state index contributed by atoms with van der Waals surface area (Å²) < 4.78 is 5.53. The van der Waals surface area contributed by atoms with Crippen molar-refractivity contribution >= 4 is 39.1 Å². The number of carbonyl (C=O) groups excluding carboxylic acids is 2. The number of rotatable bonds is 4. The summed E-state index contributed by atoms with van der Waals surface area (Å²) in [5.41, 5.74) is 0.626. The van der Waals surface area contributed by atoms with Crippen molar-refractivity contribution in [1.29, 1.82) is 0 Å². The molecular weight excluding hydrogens is 306 g/mol. The zero-order chi connectivity index (χ0) is 13.0. The third kappa shape index (κ3) is 3.81. The van der Waals surface area contributed by atoms with Gasteiger partial charge in [0.25, 0.3) is 5.91 Å². The van der Waals surface area contributed by atoms with E-state index in [1.807, 2.05) is 0 Å². The summed E-state index contributed by atoms with van der Waals surface area (Å²) >= 11 is 4.77. The second kappa shape index (κ2) is 6.16. The molecule has 0 radical (unpaired) electrons. The predicted molar refractivity (Wildman–Crippen MR) is 70.2 cm³/mol. The van der Waals surface area contributed by atoms with Crippen LogP contribution in [0.4, 0.5) is 0 Å². The number of amides is 1. The SMILES string of the molecule is COC(=O)C(C)CN(C)C(=O)c1csc(Br)c1. The fourth-order valence-electron chi connectivity index (χ4n) is 1.41. The number of methoxy groups -OCH3 is 1. The molecule has 6 heteroatoms. The Balaban J connectivity index is 2.62. The van der Waals surface area contributed by atoms with Crippen molar-refractivity contribution in [3.63, 3.8) is 0 Å². The topological polar surface area (TPSA) is 46.6 Å². The van der Waals surface area contributed by atoms with Gasteiger partial charge in [0.2, 0.25) is 0 Å². The van der Waals surface area contributed by atoms with Crippen LogP contribution in [0.1, 0.15) is 17.3 Å². The molecule has 0 aliphatic carbocycles. The van der Waals surface area contributed by atoms with E-state index in [1.165, 1.54) is 23.3 Å². The van der Waals surface area contributed by atoms with Gasteiger partial charge in [-0.1, -0.05) is 6.92 Å². The van der Waals surface area contributed by atoms with Crippen LogP contribution in [0.25, 0.3) is 0 Å². The van der Waals surface area contributed by atoms with Crippen molar-refractivity contribution in [3.05, 3.63) is 20.8 Å². The van der Waals surface area contributed by atoms with E-state index in [0.717, 1.165) is 3.79 Å². The number of hydrogen-bond acceptors (Lipinski definition) is 4. The minimum Gasteiger partial charge on any atom is -0.469 e. The Labute approximate surface area is 113 Å². The molecule has 1 atom stereocenters. The summed E-state index contributed by atoms with van der Waals surface area (Å²) in [7, 11) is 3.02. The molecule has 0 N–H and O–H groups in total. The minimum absolute atomic E-state index is 0.0947. The first-order chi connectivity index (χ1) is 7.95. The van der Waals surface area contributed by atoms with Crippen molar-refractivity contribution in [3.8, 4) is 0 Å². The molecule has 0 saturated heterocycles. The molecule has 0 bridgehead atoms. The van der Waals surface area contributed by atoms with E-state index in [-0.39, 0.29) is 17.8 Å². The van der Waals surface area contributed by atoms with Gasteiger partial charge in [0.1, 0.15) is 0 Å². The highest BCUT2D eigenvalue weighted by Gasteiger charge is 2.20. The van der Waals surface area contributed by atoms with Crippen LogP contribution >= 0.6 is 27.3 Å². The number of carbonyl (C=O) groups is 2. The quantitative estimate of drug-likeness (QED) is 0.800. The van der Waals surface area contributed by atoms with E-state index in [1.54, 1.807) is 25.4 Å². The van der Waals surface area contributed by atoms with Gasteiger partial charge in [0.15, 0.2) is 0 Å². The maximum atomic E-state index is 12.0. The molecule has 0 aromatic carbocycles. The normalized spacial score (nSPS) is 12.0. The van der Waals surface area contributed by atoms with Crippen molar-refractivity contribution in [2.24, 2.45) is 5.92 Å². The Kier molecular flexibility index (Phi) is 5.14. The Morgan fingerprint density at radius 2 is 2.24 bits per heavy atom. The van der Waals surface area contributed by atoms with Crippen molar-refractivity contribution in [2.75, 3.05) is 20.7 Å². The smallest absolute Gasteiger partial charge is 0.310 e. The van der Waals surface area contributed by atoms with Gasteiger partial charge in [-0.15, -0.1) is 11.3 Å². The first-order valence-electron chi connectivity index (χ1n) is 5.03. The molecule has 1 rings (SSSR count). The molecule has 0 aliphatic rings. The number of ether oxygens (including phenoxy) is 1. The molecule has 17 heavy (non-hydrogen) atoms. The highest BCUT2D eigenvalue weighted by Crippen LogP contribution is 2.21. The zero-order valence-electron chi connectivity index (χ0n) is 9.90. The van der Waals surface area contributed by atoms with Gasteiger partial charge in [-0.25, -0.2) is 0 Å². The van der Waals surface area contributed by atoms with Crippen LogP contribution in [0.5, 0.6) is 0 Å². The summed E-state index contributed by atoms with van der Waals surface area (Å²) in [6.45, 7) is 2.08. The molecule has 1 unspecified atom stereocenters. The van der Waals surface area contributed by atoms with Gasteiger partial charge in [-0.05, 0) is 22.0 Å². The van der Waals surface area contributed by atoms with Crippen molar-refractivity contribution in [2.45, 2.75) is 6.92 Å². The molecule has 1 heterocycles. The van der Waals surface area contributed by atoms with E-state index in [0.29, 0.717) is 12.1 Å². The maximum Gasteiger partial charge on any atom is 0.310 e. The number of halogens is 1. The van der Waals surface area contributed by atoms with Crippen LogP contribution in [0.3, 0.4) is 0 Å². The molecule has 1 aromatic rings. The largest absolute Gasteiger partial charge is 0.469 e. The van der Waals surface area contributed by atoms with Gasteiger partial charge in [-0.3, -0.25) is 9.59 Å². The monoisotopic (exact) mass is 319 g/mol. The summed E-state index contributed by atoms with van der Waals surface area (Å²) in [4.78, 5) is 24.7. The molecule has 94 valence electrons. The third-order valence-electron chi connectivity index (χ3n) is 2.31. The maximum absolute atomic E-state index is 12.0. The molecule has 0 saturated carbocycles. The van der Waals surface area contributed by atoms with Crippen LogP contribution in [-0.4, -0.2) is 37.5 Å². The highest BCUT2D eigenvalue weighted by atomic mass is 79.9. The highest BCUT2D eigenvalue weighted by molar-refractivity contribution is 9.11. The molecule has 4 nitrogen and oxygen atoms in total. The first-order valence-corrected chi connectivity index (χ1v) is 6.70. The van der Waals surface area contributed by atoms with Crippen LogP contribution in [-0.2, 0) is 9.53 Å². The number of nitrogens with zero attached hydrogens (tertiary/aromatic N) is 1. The Morgan fingerprint density at radius 1 is 1.59 bits per heavy atom. The first kappa shape index (κ1) is 14.2. The molecule has 0 spiro atoms. The van der Waals surface area contributed by atoms with Gasteiger partial charge >= 0.3 is 5.97 Å². The lowest BCUT2D eigenvalue weighted by molar-refractivity contribution is -0.145. The van der Waals surface area contributed by atoms with Gasteiger partial charge in [0, 0.05) is 19.0 Å². The van der Waals surface area contributed by atoms with Crippen LogP contribution in [0, 0.1) is 5.92 Å². The number of thiophene rings is 1. The van der Waals surface area contributed by atoms with Gasteiger partial charge < -0.3 is 9.64 Å². The van der Waals surface area contributed by atoms with Crippen molar-refractivity contribution in [1.82, 2.24) is 4.90 Å². The van der Waals surface area contributed by atoms with E-state index < -0.39 is 0 Å². The van der Waals surface area contributed by atoms with E-state index in [9.17, 15) is 9.59 Å². The number of esters is 1. The Hall–Kier alpha value is -0.880.